The Balaban J connectivity index is 2.09. The second-order valence-electron chi connectivity index (χ2n) is 7.93. The maximum Gasteiger partial charge on any atom is 0.295 e. The highest BCUT2D eigenvalue weighted by Gasteiger charge is 2.45. The minimum absolute atomic E-state index is 0.120. The third kappa shape index (κ3) is 4.40. The van der Waals surface area contributed by atoms with E-state index in [-0.39, 0.29) is 11.3 Å². The zero-order valence-electron chi connectivity index (χ0n) is 17.5. The average Bonchev–Trinajstić information content (AvgIpc) is 2.93. The van der Waals surface area contributed by atoms with Crippen molar-refractivity contribution in [3.63, 3.8) is 0 Å². The van der Waals surface area contributed by atoms with E-state index in [9.17, 15) is 14.7 Å². The summed E-state index contributed by atoms with van der Waals surface area (Å²) in [6.07, 6.45) is 0.743. The number of ketones is 1. The number of carbonyl (C=O) groups is 2. The standard InChI is InChI=1S/C24H28N2O3/c1-16-9-11-18(12-10-16)22(27)20-21(19-8-5-7-17(2)15-19)26(24(29)23(20)28)14-6-13-25(3)4/h5,7-12,15,21,27H,6,13-14H2,1-4H3/b22-20-. The molecule has 1 aliphatic rings. The van der Waals surface area contributed by atoms with E-state index >= 15 is 0 Å². The Morgan fingerprint density at radius 3 is 2.34 bits per heavy atom. The van der Waals surface area contributed by atoms with E-state index < -0.39 is 17.7 Å². The summed E-state index contributed by atoms with van der Waals surface area (Å²) in [5, 5.41) is 11.0. The number of aliphatic hydroxyl groups excluding tert-OH is 1. The van der Waals surface area contributed by atoms with Crippen LogP contribution in [0.5, 0.6) is 0 Å². The number of rotatable bonds is 6. The number of aliphatic hydroxyl groups is 1. The van der Waals surface area contributed by atoms with Crippen LogP contribution in [0.1, 0.15) is 34.7 Å². The van der Waals surface area contributed by atoms with Crippen LogP contribution in [0.25, 0.3) is 5.76 Å². The highest BCUT2D eigenvalue weighted by molar-refractivity contribution is 6.46. The predicted molar refractivity (Wildman–Crippen MR) is 115 cm³/mol. The fraction of sp³-hybridized carbons (Fsp3) is 0.333. The number of likely N-dealkylation sites (tertiary alicyclic amines) is 1. The van der Waals surface area contributed by atoms with E-state index in [0.29, 0.717) is 12.1 Å². The molecule has 0 radical (unpaired) electrons. The minimum Gasteiger partial charge on any atom is -0.507 e. The number of amides is 1. The van der Waals surface area contributed by atoms with Crippen LogP contribution in [0.2, 0.25) is 0 Å². The summed E-state index contributed by atoms with van der Waals surface area (Å²) in [5.74, 6) is -1.30. The Bertz CT molecular complexity index is 945. The molecular weight excluding hydrogens is 364 g/mol. The Kier molecular flexibility index (Phi) is 6.18. The van der Waals surface area contributed by atoms with Gasteiger partial charge < -0.3 is 14.9 Å². The van der Waals surface area contributed by atoms with Gasteiger partial charge in [-0.15, -0.1) is 0 Å². The smallest absolute Gasteiger partial charge is 0.295 e. The first kappa shape index (κ1) is 20.8. The second-order valence-corrected chi connectivity index (χ2v) is 7.93. The molecule has 152 valence electrons. The number of carbonyl (C=O) groups excluding carboxylic acids is 2. The largest absolute Gasteiger partial charge is 0.507 e. The number of Topliss-reactive ketones (excluding diaryl/α,β-unsaturated/α-hetero) is 1. The van der Waals surface area contributed by atoms with Gasteiger partial charge in [-0.3, -0.25) is 9.59 Å². The Morgan fingerprint density at radius 2 is 1.72 bits per heavy atom. The van der Waals surface area contributed by atoms with Crippen molar-refractivity contribution in [3.8, 4) is 0 Å². The molecule has 1 unspecified atom stereocenters. The van der Waals surface area contributed by atoms with Gasteiger partial charge in [0.1, 0.15) is 5.76 Å². The van der Waals surface area contributed by atoms with Crippen LogP contribution in [0.4, 0.5) is 0 Å². The maximum atomic E-state index is 12.9. The van der Waals surface area contributed by atoms with Crippen molar-refractivity contribution in [1.82, 2.24) is 9.80 Å². The van der Waals surface area contributed by atoms with Crippen LogP contribution in [0.15, 0.2) is 54.1 Å². The number of benzene rings is 2. The zero-order chi connectivity index (χ0) is 21.1. The van der Waals surface area contributed by atoms with E-state index in [1.807, 2.05) is 69.2 Å². The molecule has 1 heterocycles. The van der Waals surface area contributed by atoms with Crippen LogP contribution >= 0.6 is 0 Å². The highest BCUT2D eigenvalue weighted by atomic mass is 16.3. The van der Waals surface area contributed by atoms with Gasteiger partial charge in [0, 0.05) is 12.1 Å². The summed E-state index contributed by atoms with van der Waals surface area (Å²) in [7, 11) is 3.95. The van der Waals surface area contributed by atoms with Crippen molar-refractivity contribution in [2.45, 2.75) is 26.3 Å². The summed E-state index contributed by atoms with van der Waals surface area (Å²) in [6.45, 7) is 5.19. The van der Waals surface area contributed by atoms with E-state index in [1.54, 1.807) is 17.0 Å². The zero-order valence-corrected chi connectivity index (χ0v) is 17.5. The van der Waals surface area contributed by atoms with Gasteiger partial charge in [0.25, 0.3) is 11.7 Å². The van der Waals surface area contributed by atoms with Crippen LogP contribution in [0, 0.1) is 13.8 Å². The lowest BCUT2D eigenvalue weighted by Crippen LogP contribution is -2.32. The van der Waals surface area contributed by atoms with Crippen molar-refractivity contribution < 1.29 is 14.7 Å². The molecule has 1 saturated heterocycles. The fourth-order valence-corrected chi connectivity index (χ4v) is 3.72. The topological polar surface area (TPSA) is 60.9 Å². The maximum absolute atomic E-state index is 12.9. The second kappa shape index (κ2) is 8.62. The molecule has 5 nitrogen and oxygen atoms in total. The van der Waals surface area contributed by atoms with Gasteiger partial charge in [-0.05, 0) is 46.5 Å². The predicted octanol–water partition coefficient (Wildman–Crippen LogP) is 3.68. The van der Waals surface area contributed by atoms with Crippen LogP contribution < -0.4 is 0 Å². The van der Waals surface area contributed by atoms with Gasteiger partial charge in [-0.25, -0.2) is 0 Å². The molecule has 1 aliphatic heterocycles. The molecule has 0 aromatic heterocycles. The minimum atomic E-state index is -0.626. The molecule has 29 heavy (non-hydrogen) atoms. The lowest BCUT2D eigenvalue weighted by molar-refractivity contribution is -0.139. The first-order chi connectivity index (χ1) is 13.8. The van der Waals surface area contributed by atoms with E-state index in [0.717, 1.165) is 29.7 Å². The third-order valence-electron chi connectivity index (χ3n) is 5.23. The monoisotopic (exact) mass is 392 g/mol. The van der Waals surface area contributed by atoms with Crippen LogP contribution in [-0.4, -0.2) is 53.8 Å². The van der Waals surface area contributed by atoms with E-state index in [1.165, 1.54) is 0 Å². The molecular formula is C24H28N2O3. The molecule has 1 fully saturated rings. The molecule has 0 aliphatic carbocycles. The summed E-state index contributed by atoms with van der Waals surface area (Å²) in [4.78, 5) is 29.5. The Hall–Kier alpha value is -2.92. The molecule has 5 heteroatoms. The van der Waals surface area contributed by atoms with Crippen molar-refractivity contribution in [2.24, 2.45) is 0 Å². The molecule has 1 atom stereocenters. The lowest BCUT2D eigenvalue weighted by Gasteiger charge is -2.26. The van der Waals surface area contributed by atoms with Gasteiger partial charge in [0.05, 0.1) is 11.6 Å². The lowest BCUT2D eigenvalue weighted by atomic mass is 9.94. The van der Waals surface area contributed by atoms with Crippen molar-refractivity contribution >= 4 is 17.4 Å². The molecule has 0 spiro atoms. The van der Waals surface area contributed by atoms with E-state index in [4.69, 9.17) is 0 Å². The number of nitrogens with zero attached hydrogens (tertiary/aromatic N) is 2. The number of hydrogen-bond acceptors (Lipinski definition) is 4. The van der Waals surface area contributed by atoms with Crippen LogP contribution in [0.3, 0.4) is 0 Å². The molecule has 1 amide bonds. The van der Waals surface area contributed by atoms with Crippen molar-refractivity contribution in [1.29, 1.82) is 0 Å². The fourth-order valence-electron chi connectivity index (χ4n) is 3.72. The molecule has 1 N–H and O–H groups in total. The first-order valence-electron chi connectivity index (χ1n) is 9.86. The van der Waals surface area contributed by atoms with Gasteiger partial charge in [-0.2, -0.15) is 0 Å². The number of aryl methyl sites for hydroxylation is 2. The quantitative estimate of drug-likeness (QED) is 0.463. The Morgan fingerprint density at radius 1 is 1.03 bits per heavy atom. The van der Waals surface area contributed by atoms with Gasteiger partial charge in [-0.1, -0.05) is 59.7 Å². The summed E-state index contributed by atoms with van der Waals surface area (Å²) in [6, 6.07) is 14.5. The number of hydrogen-bond donors (Lipinski definition) is 1. The van der Waals surface area contributed by atoms with Gasteiger partial charge in [0.15, 0.2) is 0 Å². The molecule has 2 aromatic carbocycles. The summed E-state index contributed by atoms with van der Waals surface area (Å²) < 4.78 is 0. The SMILES string of the molecule is Cc1ccc(/C(O)=C2/C(=O)C(=O)N(CCCN(C)C)C2c2cccc(C)c2)cc1. The van der Waals surface area contributed by atoms with Crippen molar-refractivity contribution in [3.05, 3.63) is 76.4 Å². The molecule has 0 bridgehead atoms. The normalized spacial score (nSPS) is 18.7. The summed E-state index contributed by atoms with van der Waals surface area (Å²) >= 11 is 0. The van der Waals surface area contributed by atoms with Crippen molar-refractivity contribution in [2.75, 3.05) is 27.2 Å². The van der Waals surface area contributed by atoms with Crippen LogP contribution in [-0.2, 0) is 9.59 Å². The molecule has 0 saturated carbocycles. The molecule has 3 rings (SSSR count). The Labute approximate surface area is 172 Å². The van der Waals surface area contributed by atoms with E-state index in [2.05, 4.69) is 0 Å². The van der Waals surface area contributed by atoms with Gasteiger partial charge in [0.2, 0.25) is 0 Å². The van der Waals surface area contributed by atoms with Gasteiger partial charge >= 0.3 is 0 Å². The summed E-state index contributed by atoms with van der Waals surface area (Å²) in [5.41, 5.74) is 3.63. The third-order valence-corrected chi connectivity index (χ3v) is 5.23. The average molecular weight is 392 g/mol. The molecule has 2 aromatic rings. The highest BCUT2D eigenvalue weighted by Crippen LogP contribution is 2.39. The first-order valence-corrected chi connectivity index (χ1v) is 9.86.